The Morgan fingerprint density at radius 2 is 1.71 bits per heavy atom. The molecule has 0 saturated carbocycles. The molecule has 1 aliphatic rings. The van der Waals surface area contributed by atoms with Crippen molar-refractivity contribution in [3.63, 3.8) is 0 Å². The number of rotatable bonds is 13. The van der Waals surface area contributed by atoms with Gasteiger partial charge in [0.15, 0.2) is 16.6 Å². The number of para-hydroxylation sites is 1. The Hall–Kier alpha value is -2.88. The van der Waals surface area contributed by atoms with Gasteiger partial charge in [-0.2, -0.15) is 0 Å². The van der Waals surface area contributed by atoms with Crippen molar-refractivity contribution in [2.75, 3.05) is 64.1 Å². The molecule has 0 N–H and O–H groups in total. The number of amides is 1. The highest BCUT2D eigenvalue weighted by Crippen LogP contribution is 2.40. The summed E-state index contributed by atoms with van der Waals surface area (Å²) in [6.45, 7) is 14.0. The predicted octanol–water partition coefficient (Wildman–Crippen LogP) is 5.42. The molecule has 1 aromatic heterocycles. The van der Waals surface area contributed by atoms with Gasteiger partial charge in [-0.1, -0.05) is 30.4 Å². The molecule has 9 heteroatoms. The van der Waals surface area contributed by atoms with Gasteiger partial charge >= 0.3 is 0 Å². The molecule has 2 aromatic carbocycles. The first-order valence-corrected chi connectivity index (χ1v) is 14.5. The molecule has 206 valence electrons. The molecule has 1 aliphatic heterocycles. The molecule has 0 spiro atoms. The minimum Gasteiger partial charge on any atom is -0.490 e. The van der Waals surface area contributed by atoms with Crippen LogP contribution in [0.25, 0.3) is 10.2 Å². The molecule has 3 aromatic rings. The Labute approximate surface area is 229 Å². The van der Waals surface area contributed by atoms with Gasteiger partial charge in [-0.15, -0.1) is 0 Å². The SMILES string of the molecule is CCOc1cc(C(=O)N(CCCN2CCOCC2)c2nc3c(CC)cccc3s2)cc(OCC)c1OCC. The van der Waals surface area contributed by atoms with E-state index in [0.717, 1.165) is 55.9 Å². The summed E-state index contributed by atoms with van der Waals surface area (Å²) >= 11 is 1.56. The number of hydrogen-bond donors (Lipinski definition) is 0. The zero-order valence-electron chi connectivity index (χ0n) is 23.0. The Bertz CT molecular complexity index is 1180. The highest BCUT2D eigenvalue weighted by atomic mass is 32.1. The van der Waals surface area contributed by atoms with Gasteiger partial charge in [-0.3, -0.25) is 14.6 Å². The van der Waals surface area contributed by atoms with Gasteiger partial charge in [0.1, 0.15) is 0 Å². The van der Waals surface area contributed by atoms with Gasteiger partial charge < -0.3 is 18.9 Å². The number of fused-ring (bicyclic) bond motifs is 1. The summed E-state index contributed by atoms with van der Waals surface area (Å²) in [5, 5.41) is 0.706. The first kappa shape index (κ1) is 28.1. The van der Waals surface area contributed by atoms with E-state index in [-0.39, 0.29) is 5.91 Å². The van der Waals surface area contributed by atoms with Crippen molar-refractivity contribution < 1.29 is 23.7 Å². The molecule has 0 atom stereocenters. The van der Waals surface area contributed by atoms with Crippen LogP contribution >= 0.6 is 11.3 Å². The average Bonchev–Trinajstić information content (AvgIpc) is 3.37. The maximum atomic E-state index is 14.1. The second kappa shape index (κ2) is 13.8. The third kappa shape index (κ3) is 6.57. The van der Waals surface area contributed by atoms with Crippen molar-refractivity contribution in [2.45, 2.75) is 40.5 Å². The number of ether oxygens (including phenoxy) is 4. The summed E-state index contributed by atoms with van der Waals surface area (Å²) in [4.78, 5) is 23.3. The van der Waals surface area contributed by atoms with Crippen LogP contribution in [0.2, 0.25) is 0 Å². The van der Waals surface area contributed by atoms with Crippen molar-refractivity contribution in [1.82, 2.24) is 9.88 Å². The van der Waals surface area contributed by atoms with E-state index >= 15 is 0 Å². The smallest absolute Gasteiger partial charge is 0.260 e. The molecule has 0 aliphatic carbocycles. The summed E-state index contributed by atoms with van der Waals surface area (Å²) in [6.07, 6.45) is 1.72. The number of carbonyl (C=O) groups excluding carboxylic acids is 1. The fraction of sp³-hybridized carbons (Fsp3) is 0.517. The first-order chi connectivity index (χ1) is 18.6. The van der Waals surface area contributed by atoms with Crippen molar-refractivity contribution in [3.05, 3.63) is 41.5 Å². The van der Waals surface area contributed by atoms with Crippen LogP contribution in [0.1, 0.15) is 50.0 Å². The van der Waals surface area contributed by atoms with Gasteiger partial charge in [0, 0.05) is 31.7 Å². The fourth-order valence-electron chi connectivity index (χ4n) is 4.62. The third-order valence-corrected chi connectivity index (χ3v) is 7.51. The minimum absolute atomic E-state index is 0.131. The maximum absolute atomic E-state index is 14.1. The van der Waals surface area contributed by atoms with Gasteiger partial charge in [0.05, 0.1) is 43.3 Å². The topological polar surface area (TPSA) is 73.4 Å². The van der Waals surface area contributed by atoms with Crippen LogP contribution in [0.15, 0.2) is 30.3 Å². The summed E-state index contributed by atoms with van der Waals surface area (Å²) in [6, 6.07) is 9.76. The minimum atomic E-state index is -0.131. The number of nitrogens with zero attached hydrogens (tertiary/aromatic N) is 3. The number of hydrogen-bond acceptors (Lipinski definition) is 8. The number of carbonyl (C=O) groups is 1. The Morgan fingerprint density at radius 3 is 2.34 bits per heavy atom. The highest BCUT2D eigenvalue weighted by Gasteiger charge is 2.26. The first-order valence-electron chi connectivity index (χ1n) is 13.7. The predicted molar refractivity (Wildman–Crippen MR) is 152 cm³/mol. The van der Waals surface area contributed by atoms with Gasteiger partial charge in [0.2, 0.25) is 5.75 Å². The second-order valence-electron chi connectivity index (χ2n) is 8.98. The summed E-state index contributed by atoms with van der Waals surface area (Å²) in [5.74, 6) is 1.41. The van der Waals surface area contributed by atoms with Gasteiger partial charge in [0.25, 0.3) is 5.91 Å². The fourth-order valence-corrected chi connectivity index (χ4v) is 5.66. The normalized spacial score (nSPS) is 14.0. The lowest BCUT2D eigenvalue weighted by atomic mass is 10.1. The zero-order chi connectivity index (χ0) is 26.9. The van der Waals surface area contributed by atoms with Crippen LogP contribution in [0.4, 0.5) is 5.13 Å². The molecular formula is C29H39N3O5S. The number of benzene rings is 2. The molecule has 1 fully saturated rings. The monoisotopic (exact) mass is 541 g/mol. The van der Waals surface area contributed by atoms with Crippen molar-refractivity contribution in [3.8, 4) is 17.2 Å². The lowest BCUT2D eigenvalue weighted by Crippen LogP contribution is -2.39. The van der Waals surface area contributed by atoms with Crippen LogP contribution in [0.5, 0.6) is 17.2 Å². The van der Waals surface area contributed by atoms with Crippen LogP contribution in [0, 0.1) is 0 Å². The Kier molecular flexibility index (Phi) is 10.2. The average molecular weight is 542 g/mol. The summed E-state index contributed by atoms with van der Waals surface area (Å²) < 4.78 is 24.2. The quantitative estimate of drug-likeness (QED) is 0.286. The third-order valence-electron chi connectivity index (χ3n) is 6.46. The lowest BCUT2D eigenvalue weighted by Gasteiger charge is -2.28. The summed E-state index contributed by atoms with van der Waals surface area (Å²) in [5.41, 5.74) is 2.64. The Balaban J connectivity index is 1.70. The number of morpholine rings is 1. The zero-order valence-corrected chi connectivity index (χ0v) is 23.8. The van der Waals surface area contributed by atoms with Crippen LogP contribution in [-0.4, -0.2) is 75.0 Å². The maximum Gasteiger partial charge on any atom is 0.260 e. The standard InChI is InChI=1S/C29H39N3O5S/c1-5-21-11-9-12-25-26(21)30-29(38-25)32(14-10-13-31-15-17-34-18-16-31)28(33)22-19-23(35-6-2)27(37-8-4)24(20-22)36-7-3/h9,11-12,19-20H,5-8,10,13-18H2,1-4H3. The van der Waals surface area contributed by atoms with Crippen LogP contribution in [0.3, 0.4) is 0 Å². The highest BCUT2D eigenvalue weighted by molar-refractivity contribution is 7.22. The number of aryl methyl sites for hydroxylation is 1. The largest absolute Gasteiger partial charge is 0.490 e. The van der Waals surface area contributed by atoms with E-state index < -0.39 is 0 Å². The molecule has 8 nitrogen and oxygen atoms in total. The summed E-state index contributed by atoms with van der Waals surface area (Å²) in [7, 11) is 0. The molecular weight excluding hydrogens is 502 g/mol. The number of anilines is 1. The molecule has 4 rings (SSSR count). The van der Waals surface area contributed by atoms with E-state index in [1.807, 2.05) is 25.7 Å². The van der Waals surface area contributed by atoms with Crippen molar-refractivity contribution in [2.24, 2.45) is 0 Å². The number of thiazole rings is 1. The van der Waals surface area contributed by atoms with Crippen molar-refractivity contribution >= 4 is 32.6 Å². The van der Waals surface area contributed by atoms with E-state index in [1.165, 1.54) is 5.56 Å². The second-order valence-corrected chi connectivity index (χ2v) is 9.99. The molecule has 38 heavy (non-hydrogen) atoms. The number of aromatic nitrogens is 1. The van der Waals surface area contributed by atoms with Crippen LogP contribution in [-0.2, 0) is 11.2 Å². The van der Waals surface area contributed by atoms with Gasteiger partial charge in [-0.25, -0.2) is 4.98 Å². The van der Waals surface area contributed by atoms with Crippen molar-refractivity contribution in [1.29, 1.82) is 0 Å². The molecule has 1 amide bonds. The lowest BCUT2D eigenvalue weighted by molar-refractivity contribution is 0.0376. The Morgan fingerprint density at radius 1 is 1.03 bits per heavy atom. The van der Waals surface area contributed by atoms with Crippen LogP contribution < -0.4 is 19.1 Å². The van der Waals surface area contributed by atoms with Gasteiger partial charge in [-0.05, 0) is 57.4 Å². The molecule has 2 heterocycles. The van der Waals surface area contributed by atoms with E-state index in [0.29, 0.717) is 54.3 Å². The van der Waals surface area contributed by atoms with E-state index in [2.05, 4.69) is 30.0 Å². The molecule has 0 radical (unpaired) electrons. The van der Waals surface area contributed by atoms with E-state index in [4.69, 9.17) is 23.9 Å². The molecule has 0 bridgehead atoms. The molecule has 1 saturated heterocycles. The van der Waals surface area contributed by atoms with E-state index in [9.17, 15) is 4.79 Å². The van der Waals surface area contributed by atoms with E-state index in [1.54, 1.807) is 23.5 Å². The molecule has 0 unspecified atom stereocenters.